The Morgan fingerprint density at radius 1 is 1.62 bits per heavy atom. The van der Waals surface area contributed by atoms with E-state index in [2.05, 4.69) is 17.1 Å². The highest BCUT2D eigenvalue weighted by Gasteiger charge is 2.35. The first-order chi connectivity index (χ1) is 7.51. The van der Waals surface area contributed by atoms with Crippen LogP contribution in [0.15, 0.2) is 0 Å². The zero-order valence-corrected chi connectivity index (χ0v) is 10.6. The van der Waals surface area contributed by atoms with E-state index in [9.17, 15) is 9.90 Å². The Hall–Kier alpha value is -0.610. The number of hydrogen-bond acceptors (Lipinski definition) is 3. The third-order valence-corrected chi connectivity index (χ3v) is 3.63. The van der Waals surface area contributed by atoms with Crippen molar-refractivity contribution in [3.05, 3.63) is 0 Å². The summed E-state index contributed by atoms with van der Waals surface area (Å²) in [6.45, 7) is 6.65. The molecule has 1 aliphatic rings. The van der Waals surface area contributed by atoms with Crippen molar-refractivity contribution in [2.24, 2.45) is 5.92 Å². The Labute approximate surface area is 98.0 Å². The molecule has 0 spiro atoms. The summed E-state index contributed by atoms with van der Waals surface area (Å²) in [5, 5.41) is 12.1. The topological polar surface area (TPSA) is 52.6 Å². The van der Waals surface area contributed by atoms with E-state index in [1.807, 2.05) is 0 Å². The van der Waals surface area contributed by atoms with Crippen LogP contribution in [0.25, 0.3) is 0 Å². The van der Waals surface area contributed by atoms with Gasteiger partial charge in [0.15, 0.2) is 0 Å². The molecule has 0 bridgehead atoms. The smallest absolute Gasteiger partial charge is 0.324 e. The van der Waals surface area contributed by atoms with Crippen LogP contribution >= 0.6 is 0 Å². The van der Waals surface area contributed by atoms with E-state index in [0.29, 0.717) is 6.54 Å². The maximum absolute atomic E-state index is 11.2. The minimum Gasteiger partial charge on any atom is -0.480 e. The van der Waals surface area contributed by atoms with E-state index in [1.54, 1.807) is 14.0 Å². The average molecular weight is 228 g/mol. The molecule has 0 aromatic rings. The van der Waals surface area contributed by atoms with Gasteiger partial charge in [0.25, 0.3) is 0 Å². The zero-order valence-electron chi connectivity index (χ0n) is 10.6. The van der Waals surface area contributed by atoms with Gasteiger partial charge in [-0.05, 0) is 39.3 Å². The van der Waals surface area contributed by atoms with Crippen LogP contribution in [-0.2, 0) is 4.79 Å². The lowest BCUT2D eigenvalue weighted by Crippen LogP contribution is -2.55. The summed E-state index contributed by atoms with van der Waals surface area (Å²) in [5.41, 5.74) is -0.818. The van der Waals surface area contributed by atoms with Crippen LogP contribution in [0.1, 0.15) is 33.1 Å². The third kappa shape index (κ3) is 3.19. The van der Waals surface area contributed by atoms with Crippen LogP contribution < -0.4 is 5.32 Å². The van der Waals surface area contributed by atoms with E-state index in [0.717, 1.165) is 19.0 Å². The van der Waals surface area contributed by atoms with E-state index in [1.165, 1.54) is 19.3 Å². The number of carbonyl (C=O) groups is 1. The van der Waals surface area contributed by atoms with Gasteiger partial charge in [0.1, 0.15) is 5.54 Å². The van der Waals surface area contributed by atoms with Gasteiger partial charge in [-0.15, -0.1) is 0 Å². The molecule has 94 valence electrons. The molecule has 2 unspecified atom stereocenters. The molecule has 1 saturated heterocycles. The van der Waals surface area contributed by atoms with Crippen LogP contribution in [0, 0.1) is 5.92 Å². The van der Waals surface area contributed by atoms with Gasteiger partial charge in [0.2, 0.25) is 0 Å². The number of likely N-dealkylation sites (N-methyl/N-ethyl adjacent to an activating group) is 1. The molecule has 16 heavy (non-hydrogen) atoms. The van der Waals surface area contributed by atoms with Crippen molar-refractivity contribution in [1.82, 2.24) is 10.2 Å². The van der Waals surface area contributed by atoms with Crippen molar-refractivity contribution in [2.75, 3.05) is 26.7 Å². The van der Waals surface area contributed by atoms with E-state index in [4.69, 9.17) is 0 Å². The number of nitrogens with one attached hydrogen (secondary N) is 1. The number of carboxylic acid groups (broad SMARTS) is 1. The fourth-order valence-electron chi connectivity index (χ4n) is 2.40. The van der Waals surface area contributed by atoms with Gasteiger partial charge in [-0.2, -0.15) is 0 Å². The monoisotopic (exact) mass is 228 g/mol. The molecule has 1 rings (SSSR count). The van der Waals surface area contributed by atoms with E-state index in [-0.39, 0.29) is 0 Å². The van der Waals surface area contributed by atoms with Crippen molar-refractivity contribution < 1.29 is 9.90 Å². The molecule has 2 N–H and O–H groups in total. The minimum atomic E-state index is -0.818. The molecule has 1 fully saturated rings. The van der Waals surface area contributed by atoms with Crippen molar-refractivity contribution in [2.45, 2.75) is 38.6 Å². The standard InChI is InChI=1S/C12H24N2O2/c1-4-5-10-6-7-14(8-10)9-12(2,13-3)11(15)16/h10,13H,4-9H2,1-3H3,(H,15,16). The molecule has 0 radical (unpaired) electrons. The number of carboxylic acids is 1. The predicted molar refractivity (Wildman–Crippen MR) is 64.6 cm³/mol. The van der Waals surface area contributed by atoms with Gasteiger partial charge in [0, 0.05) is 13.1 Å². The summed E-state index contributed by atoms with van der Waals surface area (Å²) in [5.74, 6) is -0.00570. The van der Waals surface area contributed by atoms with Crippen molar-refractivity contribution in [3.63, 3.8) is 0 Å². The summed E-state index contributed by atoms with van der Waals surface area (Å²) in [6, 6.07) is 0. The highest BCUT2D eigenvalue weighted by molar-refractivity contribution is 5.78. The fraction of sp³-hybridized carbons (Fsp3) is 0.917. The second-order valence-electron chi connectivity index (χ2n) is 5.07. The number of aliphatic carboxylic acids is 1. The normalized spacial score (nSPS) is 25.6. The maximum atomic E-state index is 11.2. The minimum absolute atomic E-state index is 0.596. The van der Waals surface area contributed by atoms with Crippen LogP contribution in [0.3, 0.4) is 0 Å². The van der Waals surface area contributed by atoms with Gasteiger partial charge in [-0.1, -0.05) is 13.3 Å². The quantitative estimate of drug-likeness (QED) is 0.716. The van der Waals surface area contributed by atoms with E-state index < -0.39 is 11.5 Å². The molecular formula is C12H24N2O2. The lowest BCUT2D eigenvalue weighted by atomic mass is 10.0. The summed E-state index contributed by atoms with van der Waals surface area (Å²) >= 11 is 0. The molecular weight excluding hydrogens is 204 g/mol. The van der Waals surface area contributed by atoms with Gasteiger partial charge in [-0.3, -0.25) is 4.79 Å². The summed E-state index contributed by atoms with van der Waals surface area (Å²) in [7, 11) is 1.72. The predicted octanol–water partition coefficient (Wildman–Crippen LogP) is 1.17. The molecule has 4 nitrogen and oxygen atoms in total. The van der Waals surface area contributed by atoms with Crippen LogP contribution in [0.4, 0.5) is 0 Å². The molecule has 1 aliphatic heterocycles. The number of nitrogens with zero attached hydrogens (tertiary/aromatic N) is 1. The van der Waals surface area contributed by atoms with Crippen LogP contribution in [-0.4, -0.2) is 48.2 Å². The Bertz CT molecular complexity index is 245. The highest BCUT2D eigenvalue weighted by atomic mass is 16.4. The van der Waals surface area contributed by atoms with Crippen molar-refractivity contribution in [3.8, 4) is 0 Å². The molecule has 4 heteroatoms. The lowest BCUT2D eigenvalue weighted by Gasteiger charge is -2.29. The van der Waals surface area contributed by atoms with Crippen molar-refractivity contribution in [1.29, 1.82) is 0 Å². The number of hydrogen-bond donors (Lipinski definition) is 2. The maximum Gasteiger partial charge on any atom is 0.324 e. The average Bonchev–Trinajstić information content (AvgIpc) is 2.65. The molecule has 0 aromatic carbocycles. The van der Waals surface area contributed by atoms with Gasteiger partial charge >= 0.3 is 5.97 Å². The Kier molecular flexibility index (Phi) is 4.74. The second kappa shape index (κ2) is 5.64. The summed E-state index contributed by atoms with van der Waals surface area (Å²) < 4.78 is 0. The van der Waals surface area contributed by atoms with Crippen molar-refractivity contribution >= 4 is 5.97 Å². The molecule has 2 atom stereocenters. The highest BCUT2D eigenvalue weighted by Crippen LogP contribution is 2.22. The van der Waals surface area contributed by atoms with Gasteiger partial charge < -0.3 is 15.3 Å². The Balaban J connectivity index is 2.46. The zero-order chi connectivity index (χ0) is 12.2. The van der Waals surface area contributed by atoms with Gasteiger partial charge in [-0.25, -0.2) is 0 Å². The summed E-state index contributed by atoms with van der Waals surface area (Å²) in [4.78, 5) is 13.4. The first kappa shape index (κ1) is 13.5. The Morgan fingerprint density at radius 2 is 2.31 bits per heavy atom. The second-order valence-corrected chi connectivity index (χ2v) is 5.07. The lowest BCUT2D eigenvalue weighted by molar-refractivity contribution is -0.144. The molecule has 0 saturated carbocycles. The number of likely N-dealkylation sites (tertiary alicyclic amines) is 1. The van der Waals surface area contributed by atoms with Crippen LogP contribution in [0.2, 0.25) is 0 Å². The Morgan fingerprint density at radius 3 is 2.81 bits per heavy atom. The molecule has 0 aromatic heterocycles. The first-order valence-electron chi connectivity index (χ1n) is 6.16. The SMILES string of the molecule is CCCC1CCN(CC(C)(NC)C(=O)O)C1. The number of rotatable bonds is 6. The fourth-order valence-corrected chi connectivity index (χ4v) is 2.40. The van der Waals surface area contributed by atoms with Gasteiger partial charge in [0.05, 0.1) is 0 Å². The molecule has 0 aliphatic carbocycles. The first-order valence-corrected chi connectivity index (χ1v) is 6.16. The molecule has 0 amide bonds. The largest absolute Gasteiger partial charge is 0.480 e. The third-order valence-electron chi connectivity index (χ3n) is 3.63. The molecule has 1 heterocycles. The summed E-state index contributed by atoms with van der Waals surface area (Å²) in [6.07, 6.45) is 3.70. The van der Waals surface area contributed by atoms with Crippen LogP contribution in [0.5, 0.6) is 0 Å². The van der Waals surface area contributed by atoms with E-state index >= 15 is 0 Å².